The van der Waals surface area contributed by atoms with Crippen molar-refractivity contribution in [2.24, 2.45) is 0 Å². The highest BCUT2D eigenvalue weighted by Gasteiger charge is 2.18. The molecule has 0 fully saturated rings. The van der Waals surface area contributed by atoms with Gasteiger partial charge in [-0.3, -0.25) is 4.79 Å². The molecule has 0 saturated carbocycles. The van der Waals surface area contributed by atoms with Gasteiger partial charge in [-0.1, -0.05) is 66.2 Å². The first-order valence-electron chi connectivity index (χ1n) is 10.5. The van der Waals surface area contributed by atoms with Crippen LogP contribution in [0.15, 0.2) is 83.8 Å². The lowest BCUT2D eigenvalue weighted by molar-refractivity contribution is -0.121. The molecule has 0 saturated heterocycles. The van der Waals surface area contributed by atoms with Gasteiger partial charge in [0.15, 0.2) is 0 Å². The largest absolute Gasteiger partial charge is 0.350 e. The van der Waals surface area contributed by atoms with E-state index in [2.05, 4.69) is 10.0 Å². The second-order valence-corrected chi connectivity index (χ2v) is 9.89. The number of aryl methyl sites for hydroxylation is 1. The molecule has 0 aromatic heterocycles. The van der Waals surface area contributed by atoms with Crippen molar-refractivity contribution in [3.8, 4) is 0 Å². The van der Waals surface area contributed by atoms with Gasteiger partial charge in [0, 0.05) is 17.5 Å². The van der Waals surface area contributed by atoms with Crippen LogP contribution in [0, 0.1) is 0 Å². The Bertz CT molecular complexity index is 1130. The number of carbonyl (C=O) groups excluding carboxylic acids is 1. The molecule has 0 spiro atoms. The standard InChI is InChI=1S/C25H27ClN2O3S/c1-18(22-11-13-23(26)14-12-22)27-25(29)17-10-20-8-15-24(16-9-20)32(30,31)28-19(2)21-6-4-3-5-7-21/h3-9,11-16,18-19,28H,10,17H2,1-2H3,(H,27,29)/t18-,19+/m1/s1. The molecule has 3 rings (SSSR count). The van der Waals surface area contributed by atoms with Crippen LogP contribution in [0.25, 0.3) is 0 Å². The van der Waals surface area contributed by atoms with Gasteiger partial charge in [0.1, 0.15) is 0 Å². The second kappa shape index (κ2) is 10.8. The minimum absolute atomic E-state index is 0.0671. The fourth-order valence-electron chi connectivity index (χ4n) is 3.35. The molecule has 1 amide bonds. The summed E-state index contributed by atoms with van der Waals surface area (Å²) in [6, 6.07) is 23.0. The van der Waals surface area contributed by atoms with Crippen molar-refractivity contribution in [3.05, 3.63) is 101 Å². The highest BCUT2D eigenvalue weighted by molar-refractivity contribution is 7.89. The van der Waals surface area contributed by atoms with E-state index in [4.69, 9.17) is 11.6 Å². The van der Waals surface area contributed by atoms with Gasteiger partial charge in [0.25, 0.3) is 0 Å². The fourth-order valence-corrected chi connectivity index (χ4v) is 4.71. The van der Waals surface area contributed by atoms with E-state index < -0.39 is 10.0 Å². The van der Waals surface area contributed by atoms with E-state index in [9.17, 15) is 13.2 Å². The predicted molar refractivity (Wildman–Crippen MR) is 128 cm³/mol. The van der Waals surface area contributed by atoms with Crippen LogP contribution in [0.1, 0.15) is 49.0 Å². The molecule has 2 N–H and O–H groups in total. The molecule has 5 nitrogen and oxygen atoms in total. The zero-order valence-electron chi connectivity index (χ0n) is 18.1. The Morgan fingerprint density at radius 1 is 0.844 bits per heavy atom. The number of benzene rings is 3. The molecule has 0 aliphatic rings. The lowest BCUT2D eigenvalue weighted by Crippen LogP contribution is -2.27. The molecule has 168 valence electrons. The van der Waals surface area contributed by atoms with Crippen molar-refractivity contribution in [1.82, 2.24) is 10.0 Å². The van der Waals surface area contributed by atoms with Crippen LogP contribution in [0.5, 0.6) is 0 Å². The summed E-state index contributed by atoms with van der Waals surface area (Å²) in [7, 11) is -3.64. The van der Waals surface area contributed by atoms with Crippen molar-refractivity contribution >= 4 is 27.5 Å². The summed E-state index contributed by atoms with van der Waals surface area (Å²) in [6.45, 7) is 3.73. The molecule has 0 aliphatic carbocycles. The van der Waals surface area contributed by atoms with Crippen LogP contribution < -0.4 is 10.0 Å². The highest BCUT2D eigenvalue weighted by atomic mass is 35.5. The first-order chi connectivity index (χ1) is 15.2. The van der Waals surface area contributed by atoms with Gasteiger partial charge in [-0.25, -0.2) is 13.1 Å². The molecule has 0 radical (unpaired) electrons. The number of hydrogen-bond acceptors (Lipinski definition) is 3. The van der Waals surface area contributed by atoms with Gasteiger partial charge in [-0.15, -0.1) is 0 Å². The average molecular weight is 471 g/mol. The lowest BCUT2D eigenvalue weighted by Gasteiger charge is -2.15. The van der Waals surface area contributed by atoms with E-state index in [1.807, 2.05) is 56.3 Å². The minimum Gasteiger partial charge on any atom is -0.350 e. The summed E-state index contributed by atoms with van der Waals surface area (Å²) in [5, 5.41) is 3.63. The van der Waals surface area contributed by atoms with Crippen LogP contribution in [-0.4, -0.2) is 14.3 Å². The van der Waals surface area contributed by atoms with Crippen molar-refractivity contribution in [1.29, 1.82) is 0 Å². The van der Waals surface area contributed by atoms with E-state index in [0.29, 0.717) is 17.9 Å². The Balaban J connectivity index is 1.53. The van der Waals surface area contributed by atoms with Gasteiger partial charge in [-0.05, 0) is 61.2 Å². The monoisotopic (exact) mass is 470 g/mol. The van der Waals surface area contributed by atoms with Crippen LogP contribution >= 0.6 is 11.6 Å². The Labute approximate surface area is 194 Å². The minimum atomic E-state index is -3.64. The third kappa shape index (κ3) is 6.66. The molecule has 32 heavy (non-hydrogen) atoms. The van der Waals surface area contributed by atoms with Gasteiger partial charge in [-0.2, -0.15) is 0 Å². The molecular formula is C25H27ClN2O3S. The Morgan fingerprint density at radius 2 is 1.44 bits per heavy atom. The zero-order chi connectivity index (χ0) is 23.1. The molecule has 0 unspecified atom stereocenters. The van der Waals surface area contributed by atoms with Gasteiger partial charge in [0.05, 0.1) is 10.9 Å². The first kappa shape index (κ1) is 24.0. The number of rotatable bonds is 9. The SMILES string of the molecule is C[C@H](NS(=O)(=O)c1ccc(CCC(=O)N[C@H](C)c2ccc(Cl)cc2)cc1)c1ccccc1. The second-order valence-electron chi connectivity index (χ2n) is 7.74. The van der Waals surface area contributed by atoms with Gasteiger partial charge >= 0.3 is 0 Å². The Morgan fingerprint density at radius 3 is 2.06 bits per heavy atom. The van der Waals surface area contributed by atoms with E-state index in [-0.39, 0.29) is 22.9 Å². The molecular weight excluding hydrogens is 444 g/mol. The van der Waals surface area contributed by atoms with Crippen molar-refractivity contribution in [2.45, 2.75) is 43.7 Å². The van der Waals surface area contributed by atoms with E-state index in [1.54, 1.807) is 36.4 Å². The fraction of sp³-hybridized carbons (Fsp3) is 0.240. The zero-order valence-corrected chi connectivity index (χ0v) is 19.7. The van der Waals surface area contributed by atoms with Crippen LogP contribution in [0.3, 0.4) is 0 Å². The summed E-state index contributed by atoms with van der Waals surface area (Å²) in [5.74, 6) is -0.0671. The number of sulfonamides is 1. The van der Waals surface area contributed by atoms with Crippen LogP contribution in [0.4, 0.5) is 0 Å². The van der Waals surface area contributed by atoms with E-state index in [1.165, 1.54) is 0 Å². The van der Waals surface area contributed by atoms with Crippen LogP contribution in [0.2, 0.25) is 5.02 Å². The van der Waals surface area contributed by atoms with Crippen molar-refractivity contribution < 1.29 is 13.2 Å². The quantitative estimate of drug-likeness (QED) is 0.452. The number of nitrogens with one attached hydrogen (secondary N) is 2. The van der Waals surface area contributed by atoms with Gasteiger partial charge < -0.3 is 5.32 Å². The molecule has 3 aromatic rings. The van der Waals surface area contributed by atoms with E-state index in [0.717, 1.165) is 16.7 Å². The molecule has 0 heterocycles. The summed E-state index contributed by atoms with van der Waals surface area (Å²) in [5.41, 5.74) is 2.77. The smallest absolute Gasteiger partial charge is 0.241 e. The summed E-state index contributed by atoms with van der Waals surface area (Å²) < 4.78 is 28.1. The maximum Gasteiger partial charge on any atom is 0.241 e. The normalized spacial score (nSPS) is 13.3. The summed E-state index contributed by atoms with van der Waals surface area (Å²) in [4.78, 5) is 12.5. The number of carbonyl (C=O) groups is 1. The number of hydrogen-bond donors (Lipinski definition) is 2. The molecule has 3 aromatic carbocycles. The topological polar surface area (TPSA) is 75.3 Å². The lowest BCUT2D eigenvalue weighted by atomic mass is 10.1. The Kier molecular flexibility index (Phi) is 8.07. The first-order valence-corrected chi connectivity index (χ1v) is 12.3. The third-order valence-corrected chi connectivity index (χ3v) is 7.06. The predicted octanol–water partition coefficient (Wildman–Crippen LogP) is 5.19. The number of amides is 1. The summed E-state index contributed by atoms with van der Waals surface area (Å²) in [6.07, 6.45) is 0.834. The van der Waals surface area contributed by atoms with Crippen LogP contribution in [-0.2, 0) is 21.2 Å². The van der Waals surface area contributed by atoms with Crippen molar-refractivity contribution in [2.75, 3.05) is 0 Å². The van der Waals surface area contributed by atoms with Crippen molar-refractivity contribution in [3.63, 3.8) is 0 Å². The molecule has 7 heteroatoms. The third-order valence-electron chi connectivity index (χ3n) is 5.25. The average Bonchev–Trinajstić information content (AvgIpc) is 2.78. The number of halogens is 1. The maximum absolute atomic E-state index is 12.7. The maximum atomic E-state index is 12.7. The molecule has 2 atom stereocenters. The molecule has 0 bridgehead atoms. The van der Waals surface area contributed by atoms with Gasteiger partial charge in [0.2, 0.25) is 15.9 Å². The summed E-state index contributed by atoms with van der Waals surface area (Å²) >= 11 is 5.90. The molecule has 0 aliphatic heterocycles. The van der Waals surface area contributed by atoms with E-state index >= 15 is 0 Å². The Hall–Kier alpha value is -2.67. The highest BCUT2D eigenvalue weighted by Crippen LogP contribution is 2.19.